The molecule has 0 heterocycles. The van der Waals surface area contributed by atoms with Crippen LogP contribution in [-0.2, 0) is 0 Å². The van der Waals surface area contributed by atoms with Crippen molar-refractivity contribution >= 4 is 11.6 Å². The Labute approximate surface area is 99.8 Å². The van der Waals surface area contributed by atoms with Gasteiger partial charge >= 0.3 is 0 Å². The van der Waals surface area contributed by atoms with Gasteiger partial charge in [-0.15, -0.1) is 11.6 Å². The zero-order chi connectivity index (χ0) is 10.9. The van der Waals surface area contributed by atoms with Crippen molar-refractivity contribution in [3.8, 4) is 0 Å². The fourth-order valence-electron chi connectivity index (χ4n) is 3.38. The monoisotopic (exact) mass is 228 g/mol. The van der Waals surface area contributed by atoms with Gasteiger partial charge in [-0.25, -0.2) is 0 Å². The normalized spacial score (nSPS) is 37.0. The lowest BCUT2D eigenvalue weighted by Crippen LogP contribution is -2.23. The molecule has 0 aromatic rings. The average molecular weight is 229 g/mol. The Hall–Kier alpha value is 0.290. The lowest BCUT2D eigenvalue weighted by Gasteiger charge is -2.35. The van der Waals surface area contributed by atoms with Gasteiger partial charge in [0.15, 0.2) is 0 Å². The van der Waals surface area contributed by atoms with Crippen molar-refractivity contribution in [3.05, 3.63) is 0 Å². The molecule has 2 aliphatic carbocycles. The van der Waals surface area contributed by atoms with Crippen molar-refractivity contribution in [2.45, 2.75) is 70.6 Å². The molecule has 2 unspecified atom stereocenters. The Bertz CT molecular complexity index is 199. The van der Waals surface area contributed by atoms with Crippen LogP contribution in [-0.4, -0.2) is 5.38 Å². The van der Waals surface area contributed by atoms with Gasteiger partial charge in [-0.3, -0.25) is 0 Å². The van der Waals surface area contributed by atoms with Crippen LogP contribution in [0, 0.1) is 17.3 Å². The highest BCUT2D eigenvalue weighted by Crippen LogP contribution is 2.43. The lowest BCUT2D eigenvalue weighted by atomic mass is 9.71. The van der Waals surface area contributed by atoms with E-state index in [0.29, 0.717) is 10.8 Å². The molecule has 2 rings (SSSR count). The summed E-state index contributed by atoms with van der Waals surface area (Å²) in [7, 11) is 0. The first-order chi connectivity index (χ1) is 7.07. The number of alkyl halides is 1. The van der Waals surface area contributed by atoms with E-state index in [9.17, 15) is 0 Å². The molecule has 15 heavy (non-hydrogen) atoms. The molecule has 0 radical (unpaired) electrons. The number of hydrogen-bond donors (Lipinski definition) is 0. The fraction of sp³-hybridized carbons (Fsp3) is 1.00. The van der Waals surface area contributed by atoms with Crippen molar-refractivity contribution in [2.24, 2.45) is 17.3 Å². The molecule has 0 aromatic carbocycles. The topological polar surface area (TPSA) is 0 Å². The second-order valence-electron chi connectivity index (χ2n) is 6.55. The second-order valence-corrected chi connectivity index (χ2v) is 7.11. The molecule has 0 bridgehead atoms. The van der Waals surface area contributed by atoms with Crippen molar-refractivity contribution < 1.29 is 0 Å². The van der Waals surface area contributed by atoms with Gasteiger partial charge in [0.2, 0.25) is 0 Å². The van der Waals surface area contributed by atoms with Crippen LogP contribution in [0.4, 0.5) is 0 Å². The van der Waals surface area contributed by atoms with Gasteiger partial charge in [0.1, 0.15) is 0 Å². The molecule has 0 aromatic heterocycles. The summed E-state index contributed by atoms with van der Waals surface area (Å²) >= 11 is 6.35. The molecule has 0 saturated heterocycles. The Morgan fingerprint density at radius 2 is 1.73 bits per heavy atom. The van der Waals surface area contributed by atoms with E-state index in [-0.39, 0.29) is 0 Å². The first-order valence-corrected chi connectivity index (χ1v) is 7.14. The van der Waals surface area contributed by atoms with Crippen molar-refractivity contribution in [3.63, 3.8) is 0 Å². The van der Waals surface area contributed by atoms with Crippen LogP contribution in [0.25, 0.3) is 0 Å². The third-order valence-corrected chi connectivity index (χ3v) is 5.24. The van der Waals surface area contributed by atoms with E-state index in [2.05, 4.69) is 13.8 Å². The third-order valence-electron chi connectivity index (χ3n) is 4.66. The smallest absolute Gasteiger partial charge is 0.0364 e. The maximum atomic E-state index is 6.35. The van der Waals surface area contributed by atoms with Crippen LogP contribution in [0.3, 0.4) is 0 Å². The highest BCUT2D eigenvalue weighted by molar-refractivity contribution is 6.20. The molecule has 0 amide bonds. The third kappa shape index (κ3) is 3.12. The van der Waals surface area contributed by atoms with Crippen LogP contribution in [0.5, 0.6) is 0 Å². The number of rotatable bonds is 2. The maximum Gasteiger partial charge on any atom is 0.0364 e. The van der Waals surface area contributed by atoms with Crippen LogP contribution < -0.4 is 0 Å². The molecule has 0 aliphatic heterocycles. The van der Waals surface area contributed by atoms with E-state index in [4.69, 9.17) is 11.6 Å². The zero-order valence-electron chi connectivity index (χ0n) is 10.3. The molecule has 2 atom stereocenters. The van der Waals surface area contributed by atoms with Crippen molar-refractivity contribution in [1.29, 1.82) is 0 Å². The van der Waals surface area contributed by atoms with E-state index in [1.165, 1.54) is 51.4 Å². The van der Waals surface area contributed by atoms with Gasteiger partial charge < -0.3 is 0 Å². The first kappa shape index (κ1) is 11.8. The molecule has 1 heteroatoms. The van der Waals surface area contributed by atoms with Crippen LogP contribution in [0.2, 0.25) is 0 Å². The molecule has 0 N–H and O–H groups in total. The molecule has 2 saturated carbocycles. The summed E-state index contributed by atoms with van der Waals surface area (Å²) in [6.07, 6.45) is 11.2. The average Bonchev–Trinajstić information content (AvgIpc) is 2.56. The Morgan fingerprint density at radius 3 is 2.27 bits per heavy atom. The van der Waals surface area contributed by atoms with E-state index in [1.54, 1.807) is 0 Å². The van der Waals surface area contributed by atoms with E-state index < -0.39 is 0 Å². The molecule has 2 aliphatic rings. The van der Waals surface area contributed by atoms with Gasteiger partial charge in [-0.1, -0.05) is 20.3 Å². The molecular weight excluding hydrogens is 204 g/mol. The highest BCUT2D eigenvalue weighted by Gasteiger charge is 2.31. The van der Waals surface area contributed by atoms with Gasteiger partial charge in [-0.2, -0.15) is 0 Å². The second kappa shape index (κ2) is 4.65. The summed E-state index contributed by atoms with van der Waals surface area (Å²) in [4.78, 5) is 0. The van der Waals surface area contributed by atoms with E-state index >= 15 is 0 Å². The van der Waals surface area contributed by atoms with Crippen molar-refractivity contribution in [1.82, 2.24) is 0 Å². The predicted octanol–water partition coefficient (Wildman–Crippen LogP) is 5.00. The van der Waals surface area contributed by atoms with Crippen LogP contribution in [0.1, 0.15) is 65.2 Å². The minimum atomic E-state index is 0.500. The first-order valence-electron chi connectivity index (χ1n) is 6.71. The van der Waals surface area contributed by atoms with Crippen LogP contribution >= 0.6 is 11.6 Å². The predicted molar refractivity (Wildman–Crippen MR) is 67.3 cm³/mol. The zero-order valence-corrected chi connectivity index (χ0v) is 11.0. The van der Waals surface area contributed by atoms with Gasteiger partial charge in [0.05, 0.1) is 0 Å². The minimum absolute atomic E-state index is 0.500. The minimum Gasteiger partial charge on any atom is -0.123 e. The molecular formula is C14H25Cl. The standard InChI is InChI=1S/C14H25Cl/c1-14(2)8-6-11(7-9-14)10-12-4-3-5-13(12)15/h11-13H,3-10H2,1-2H3. The molecule has 0 nitrogen and oxygen atoms in total. The van der Waals surface area contributed by atoms with Gasteiger partial charge in [0.25, 0.3) is 0 Å². The number of halogens is 1. The SMILES string of the molecule is CC1(C)CCC(CC2CCCC2Cl)CC1. The fourth-order valence-corrected chi connectivity index (χ4v) is 3.76. The van der Waals surface area contributed by atoms with E-state index in [0.717, 1.165) is 11.8 Å². The summed E-state index contributed by atoms with van der Waals surface area (Å²) in [5.74, 6) is 1.83. The Morgan fingerprint density at radius 1 is 1.07 bits per heavy atom. The highest BCUT2D eigenvalue weighted by atomic mass is 35.5. The largest absolute Gasteiger partial charge is 0.123 e. The number of hydrogen-bond acceptors (Lipinski definition) is 0. The Balaban J connectivity index is 1.77. The molecule has 2 fully saturated rings. The molecule has 0 spiro atoms. The maximum absolute atomic E-state index is 6.35. The molecule has 88 valence electrons. The van der Waals surface area contributed by atoms with Gasteiger partial charge in [0, 0.05) is 5.38 Å². The van der Waals surface area contributed by atoms with Crippen molar-refractivity contribution in [2.75, 3.05) is 0 Å². The summed E-state index contributed by atoms with van der Waals surface area (Å²) in [6, 6.07) is 0. The van der Waals surface area contributed by atoms with E-state index in [1.807, 2.05) is 0 Å². The quantitative estimate of drug-likeness (QED) is 0.584. The lowest BCUT2D eigenvalue weighted by molar-refractivity contribution is 0.172. The summed E-state index contributed by atoms with van der Waals surface area (Å²) in [6.45, 7) is 4.84. The Kier molecular flexibility index (Phi) is 3.65. The van der Waals surface area contributed by atoms with Gasteiger partial charge in [-0.05, 0) is 62.2 Å². The van der Waals surface area contributed by atoms with Crippen LogP contribution in [0.15, 0.2) is 0 Å². The summed E-state index contributed by atoms with van der Waals surface area (Å²) < 4.78 is 0. The summed E-state index contributed by atoms with van der Waals surface area (Å²) in [5.41, 5.74) is 0.618. The summed E-state index contributed by atoms with van der Waals surface area (Å²) in [5, 5.41) is 0.500.